The molecule has 0 aliphatic carbocycles. The highest BCUT2D eigenvalue weighted by atomic mass is 16.8. The lowest BCUT2D eigenvalue weighted by molar-refractivity contribution is -0.379. The zero-order chi connectivity index (χ0) is 72.5. The number of hydrogen-bond acceptors (Lipinski definition) is 18. The lowest BCUT2D eigenvalue weighted by atomic mass is 9.96. The second-order valence-electron chi connectivity index (χ2n) is 28.1. The maximum Gasteiger partial charge on any atom is 0.220 e. The molecule has 19 nitrogen and oxygen atoms in total. The predicted molar refractivity (Wildman–Crippen MR) is 397 cm³/mol. The molecule has 3 fully saturated rings. The Morgan fingerprint density at radius 2 is 0.700 bits per heavy atom. The van der Waals surface area contributed by atoms with Crippen LogP contribution in [0.3, 0.4) is 0 Å². The summed E-state index contributed by atoms with van der Waals surface area (Å²) in [5, 5.41) is 121. The molecule has 19 heteroatoms. The average molecular weight is 1420 g/mol. The maximum atomic E-state index is 13.5. The van der Waals surface area contributed by atoms with Crippen LogP contribution in [0.4, 0.5) is 0 Å². The first-order valence-electron chi connectivity index (χ1n) is 39.8. The molecule has 0 radical (unpaired) electrons. The standard InChI is InChI=1S/C81H143NO18/c1-3-5-7-9-11-13-15-17-19-21-23-25-27-29-30-31-32-33-35-36-38-40-42-44-46-48-50-52-54-56-58-65(86)64(82-69(87)59-57-55-53-51-49-47-45-43-41-39-37-34-28-26-24-22-20-18-16-14-12-10-8-6-4-2)63-95-79-75(93)72(90)77(67(61-84)97-79)100-81-76(94)73(91)78(68(62-85)98-81)99-80-74(92)71(89)70(88)66(60-83)96-80/h6,8,12,14,18,20,24,26,34,37,48,50,56,58,64-68,70-81,83-86,88-94H,3-5,7,9-11,13,15-17,19,21-23,25,27-33,35-36,38-47,49,51-55,57,59-63H2,1-2H3,(H,82,87)/b8-6-,14-12-,20-18-,26-24-,37-34-,50-48+,58-56+. The van der Waals surface area contributed by atoms with Crippen LogP contribution >= 0.6 is 0 Å². The van der Waals surface area contributed by atoms with Gasteiger partial charge in [-0.25, -0.2) is 0 Å². The van der Waals surface area contributed by atoms with Crippen molar-refractivity contribution >= 4 is 5.91 Å². The third-order valence-electron chi connectivity index (χ3n) is 19.4. The van der Waals surface area contributed by atoms with Gasteiger partial charge in [0.25, 0.3) is 0 Å². The van der Waals surface area contributed by atoms with Crippen molar-refractivity contribution in [3.8, 4) is 0 Å². The van der Waals surface area contributed by atoms with Crippen molar-refractivity contribution in [3.05, 3.63) is 85.1 Å². The van der Waals surface area contributed by atoms with Crippen molar-refractivity contribution in [3.63, 3.8) is 0 Å². The summed E-state index contributed by atoms with van der Waals surface area (Å²) in [6, 6.07) is -1.00. The number of carbonyl (C=O) groups is 1. The Balaban J connectivity index is 1.40. The number of amides is 1. The summed E-state index contributed by atoms with van der Waals surface area (Å²) in [7, 11) is 0. The Morgan fingerprint density at radius 1 is 0.370 bits per heavy atom. The van der Waals surface area contributed by atoms with E-state index in [0.29, 0.717) is 12.8 Å². The highest BCUT2D eigenvalue weighted by molar-refractivity contribution is 5.76. The van der Waals surface area contributed by atoms with Gasteiger partial charge in [-0.1, -0.05) is 292 Å². The van der Waals surface area contributed by atoms with Gasteiger partial charge in [-0.2, -0.15) is 0 Å². The summed E-state index contributed by atoms with van der Waals surface area (Å²) < 4.78 is 34.4. The highest BCUT2D eigenvalue weighted by Crippen LogP contribution is 2.33. The molecular formula is C81H143NO18. The van der Waals surface area contributed by atoms with E-state index in [4.69, 9.17) is 28.4 Å². The lowest BCUT2D eigenvalue weighted by Gasteiger charge is -2.48. The SMILES string of the molecule is CC/C=C\C/C=C\C/C=C\C/C=C\C/C=C\CCCCCCCCCCCC(=O)NC(COC1OC(CO)C(OC2OC(CO)C(OC3OC(CO)C(O)C(O)C3O)C(O)C2O)C(O)C1O)C(O)/C=C/CC/C=C/CCCCCCCCCCCCCCCCCCCCCCCCCC. The Labute approximate surface area is 603 Å². The summed E-state index contributed by atoms with van der Waals surface area (Å²) in [6.07, 6.45) is 54.3. The number of carbonyl (C=O) groups excluding carboxylic acids is 1. The number of nitrogens with one attached hydrogen (secondary N) is 1. The predicted octanol–water partition coefficient (Wildman–Crippen LogP) is 13.0. The third kappa shape index (κ3) is 41.0. The van der Waals surface area contributed by atoms with Crippen molar-refractivity contribution < 1.29 is 89.4 Å². The minimum absolute atomic E-state index is 0.224. The largest absolute Gasteiger partial charge is 0.394 e. The molecule has 3 rings (SSSR count). The van der Waals surface area contributed by atoms with Crippen LogP contribution in [0.1, 0.15) is 290 Å². The van der Waals surface area contributed by atoms with Gasteiger partial charge in [-0.3, -0.25) is 4.79 Å². The highest BCUT2D eigenvalue weighted by Gasteiger charge is 2.53. The van der Waals surface area contributed by atoms with Crippen LogP contribution in [-0.2, 0) is 33.2 Å². The lowest BCUT2D eigenvalue weighted by Crippen LogP contribution is -2.66. The molecule has 0 spiro atoms. The molecule has 0 bridgehead atoms. The molecule has 0 aromatic heterocycles. The molecule has 100 heavy (non-hydrogen) atoms. The summed E-state index contributed by atoms with van der Waals surface area (Å²) in [5.74, 6) is -0.292. The van der Waals surface area contributed by atoms with E-state index in [1.54, 1.807) is 6.08 Å². The smallest absolute Gasteiger partial charge is 0.220 e. The molecule has 3 saturated heterocycles. The fourth-order valence-electron chi connectivity index (χ4n) is 13.1. The van der Waals surface area contributed by atoms with E-state index < -0.39 is 124 Å². The first-order chi connectivity index (χ1) is 48.8. The van der Waals surface area contributed by atoms with Crippen LogP contribution in [0.5, 0.6) is 0 Å². The average Bonchev–Trinajstić information content (AvgIpc) is 0.783. The van der Waals surface area contributed by atoms with E-state index in [0.717, 1.165) is 83.5 Å². The van der Waals surface area contributed by atoms with Crippen molar-refractivity contribution in [2.75, 3.05) is 26.4 Å². The Bertz CT molecular complexity index is 2140. The second-order valence-corrected chi connectivity index (χ2v) is 28.1. The molecule has 17 atom stereocenters. The van der Waals surface area contributed by atoms with E-state index in [2.05, 4.69) is 92.1 Å². The normalized spacial score (nSPS) is 26.9. The van der Waals surface area contributed by atoms with Crippen LogP contribution in [-0.4, -0.2) is 193 Å². The summed E-state index contributed by atoms with van der Waals surface area (Å²) in [6.45, 7) is 1.62. The molecule has 3 aliphatic heterocycles. The van der Waals surface area contributed by atoms with Crippen molar-refractivity contribution in [1.82, 2.24) is 5.32 Å². The van der Waals surface area contributed by atoms with E-state index >= 15 is 0 Å². The quantitative estimate of drug-likeness (QED) is 0.0199. The molecule has 580 valence electrons. The molecule has 0 saturated carbocycles. The van der Waals surface area contributed by atoms with E-state index in [1.165, 1.54) is 173 Å². The molecule has 12 N–H and O–H groups in total. The van der Waals surface area contributed by atoms with Crippen LogP contribution in [0.2, 0.25) is 0 Å². The van der Waals surface area contributed by atoms with Gasteiger partial charge < -0.3 is 89.9 Å². The fourth-order valence-corrected chi connectivity index (χ4v) is 13.1. The van der Waals surface area contributed by atoms with Gasteiger partial charge in [0.2, 0.25) is 5.91 Å². The number of rotatable bonds is 62. The zero-order valence-corrected chi connectivity index (χ0v) is 61.9. The first-order valence-corrected chi connectivity index (χ1v) is 39.8. The maximum absolute atomic E-state index is 13.5. The number of unbranched alkanes of at least 4 members (excludes halogenated alkanes) is 34. The van der Waals surface area contributed by atoms with Crippen LogP contribution in [0.15, 0.2) is 85.1 Å². The van der Waals surface area contributed by atoms with Crippen molar-refractivity contribution in [2.45, 2.75) is 394 Å². The van der Waals surface area contributed by atoms with Gasteiger partial charge in [0.05, 0.1) is 38.6 Å². The summed E-state index contributed by atoms with van der Waals surface area (Å²) >= 11 is 0. The third-order valence-corrected chi connectivity index (χ3v) is 19.4. The van der Waals surface area contributed by atoms with Crippen LogP contribution in [0.25, 0.3) is 0 Å². The van der Waals surface area contributed by atoms with Crippen LogP contribution in [0, 0.1) is 0 Å². The number of aliphatic hydroxyl groups is 11. The molecular weight excluding hydrogens is 1270 g/mol. The van der Waals surface area contributed by atoms with E-state index in [-0.39, 0.29) is 18.9 Å². The minimum Gasteiger partial charge on any atom is -0.394 e. The first kappa shape index (κ1) is 91.2. The fraction of sp³-hybridized carbons (Fsp3) is 0.815. The van der Waals surface area contributed by atoms with Gasteiger partial charge in [-0.15, -0.1) is 0 Å². The van der Waals surface area contributed by atoms with Crippen molar-refractivity contribution in [1.29, 1.82) is 0 Å². The zero-order valence-electron chi connectivity index (χ0n) is 61.9. The van der Waals surface area contributed by atoms with Gasteiger partial charge in [0.15, 0.2) is 18.9 Å². The number of hydrogen-bond donors (Lipinski definition) is 12. The van der Waals surface area contributed by atoms with E-state index in [9.17, 15) is 61.0 Å². The Kier molecular flexibility index (Phi) is 55.8. The van der Waals surface area contributed by atoms with Gasteiger partial charge in [0.1, 0.15) is 73.2 Å². The van der Waals surface area contributed by atoms with E-state index in [1.807, 2.05) is 6.08 Å². The van der Waals surface area contributed by atoms with Crippen molar-refractivity contribution in [2.24, 2.45) is 0 Å². The molecule has 1 amide bonds. The minimum atomic E-state index is -1.99. The molecule has 0 aromatic rings. The summed E-state index contributed by atoms with van der Waals surface area (Å²) in [5.41, 5.74) is 0. The molecule has 17 unspecified atom stereocenters. The second kappa shape index (κ2) is 61.2. The number of ether oxygens (including phenoxy) is 6. The van der Waals surface area contributed by atoms with Gasteiger partial charge in [0, 0.05) is 6.42 Å². The summed E-state index contributed by atoms with van der Waals surface area (Å²) in [4.78, 5) is 13.5. The molecule has 0 aromatic carbocycles. The molecule has 3 heterocycles. The Morgan fingerprint density at radius 3 is 1.12 bits per heavy atom. The number of aliphatic hydroxyl groups excluding tert-OH is 11. The van der Waals surface area contributed by atoms with Gasteiger partial charge >= 0.3 is 0 Å². The topological polar surface area (TPSA) is 307 Å². The van der Waals surface area contributed by atoms with Crippen LogP contribution < -0.4 is 5.32 Å². The number of allylic oxidation sites excluding steroid dienone is 13. The Hall–Kier alpha value is -3.03. The monoisotopic (exact) mass is 1420 g/mol. The molecule has 3 aliphatic rings. The van der Waals surface area contributed by atoms with Gasteiger partial charge in [-0.05, 0) is 77.0 Å².